The number of rotatable bonds is 1. The van der Waals surface area contributed by atoms with Crippen LogP contribution in [0.1, 0.15) is 10.4 Å². The van der Waals surface area contributed by atoms with Crippen molar-refractivity contribution in [2.75, 3.05) is 0 Å². The maximum atomic E-state index is 12.6. The van der Waals surface area contributed by atoms with E-state index in [4.69, 9.17) is 15.5 Å². The quantitative estimate of drug-likeness (QED) is 0.715. The molecule has 0 unspecified atom stereocenters. The Hall–Kier alpha value is -0.226. The van der Waals surface area contributed by atoms with Crippen molar-refractivity contribution in [1.82, 2.24) is 0 Å². The van der Waals surface area contributed by atoms with Gasteiger partial charge in [0.15, 0.2) is 0 Å². The molecular weight excluding hydrogens is 289 g/mol. The van der Waals surface area contributed by atoms with Gasteiger partial charge in [0.25, 0.3) is 5.91 Å². The molecule has 0 fully saturated rings. The van der Waals surface area contributed by atoms with Gasteiger partial charge in [0.05, 0.1) is 17.4 Å². The molecule has 0 saturated heterocycles. The average molecular weight is 296 g/mol. The summed E-state index contributed by atoms with van der Waals surface area (Å²) in [7, 11) is 0. The van der Waals surface area contributed by atoms with Crippen LogP contribution in [0.5, 0.6) is 5.75 Å². The van der Waals surface area contributed by atoms with Gasteiger partial charge in [-0.1, -0.05) is 0 Å². The molecule has 0 bridgehead atoms. The summed E-state index contributed by atoms with van der Waals surface area (Å²) in [5.41, 5.74) is 4.49. The normalized spacial score (nSPS) is 7.93. The van der Waals surface area contributed by atoms with Crippen LogP contribution in [0.25, 0.3) is 0 Å². The molecular formula is C7H7ClFNO3Y. The summed E-state index contributed by atoms with van der Waals surface area (Å²) in [5, 5.41) is 8.81. The van der Waals surface area contributed by atoms with E-state index >= 15 is 0 Å². The number of aromatic hydroxyl groups is 1. The Bertz CT molecular complexity index is 311. The fourth-order valence-electron chi connectivity index (χ4n) is 0.702. The van der Waals surface area contributed by atoms with Gasteiger partial charge in [-0.3, -0.25) is 9.45 Å². The van der Waals surface area contributed by atoms with E-state index < -0.39 is 11.7 Å². The summed E-state index contributed by atoms with van der Waals surface area (Å²) in [6, 6.07) is 3.11. The Balaban J connectivity index is 0. The van der Waals surface area contributed by atoms with Crippen molar-refractivity contribution in [3.8, 4) is 5.75 Å². The molecule has 1 amide bonds. The number of nitrogens with two attached hydrogens (primary N) is 1. The molecule has 0 atom stereocenters. The molecule has 0 aliphatic carbocycles. The Morgan fingerprint density at radius 2 is 1.93 bits per heavy atom. The number of primary amides is 1. The second kappa shape index (κ2) is 8.11. The van der Waals surface area contributed by atoms with Crippen molar-refractivity contribution in [2.45, 2.75) is 0 Å². The summed E-state index contributed by atoms with van der Waals surface area (Å²) in [6.07, 6.45) is 0. The first-order chi connectivity index (χ1) is 6.11. The fraction of sp³-hybridized carbons (Fsp3) is 0. The van der Waals surface area contributed by atoms with Gasteiger partial charge in [0, 0.05) is 32.7 Å². The molecule has 14 heavy (non-hydrogen) atoms. The fourth-order valence-corrected chi connectivity index (χ4v) is 0.702. The second-order valence-corrected chi connectivity index (χ2v) is 2.03. The largest absolute Gasteiger partial charge is 0.508 e. The van der Waals surface area contributed by atoms with Crippen molar-refractivity contribution in [3.63, 3.8) is 0 Å². The van der Waals surface area contributed by atoms with Gasteiger partial charge in [0.1, 0.15) is 11.6 Å². The number of halogens is 2. The third-order valence-electron chi connectivity index (χ3n) is 1.22. The van der Waals surface area contributed by atoms with E-state index in [2.05, 4.69) is 11.9 Å². The maximum absolute atomic E-state index is 12.6. The third kappa shape index (κ3) is 4.86. The van der Waals surface area contributed by atoms with Crippen LogP contribution in [-0.4, -0.2) is 15.7 Å². The number of phenolic OH excluding ortho intramolecular Hbond substituents is 1. The predicted octanol–water partition coefficient (Wildman–Crippen LogP) is 0.760. The van der Waals surface area contributed by atoms with Crippen LogP contribution in [-0.2, 0) is 32.7 Å². The zero-order chi connectivity index (χ0) is 10.4. The second-order valence-electron chi connectivity index (χ2n) is 2.03. The Morgan fingerprint density at radius 1 is 1.43 bits per heavy atom. The topological polar surface area (TPSA) is 83.6 Å². The van der Waals surface area contributed by atoms with Gasteiger partial charge >= 0.3 is 0 Å². The van der Waals surface area contributed by atoms with Gasteiger partial charge in [0.2, 0.25) is 0 Å². The van der Waals surface area contributed by atoms with Gasteiger partial charge in [-0.05, 0) is 18.2 Å². The van der Waals surface area contributed by atoms with E-state index in [-0.39, 0.29) is 44.0 Å². The van der Waals surface area contributed by atoms with Crippen LogP contribution >= 0.6 is 11.9 Å². The molecule has 75 valence electrons. The predicted molar refractivity (Wildman–Crippen MR) is 44.7 cm³/mol. The Kier molecular flexibility index (Phi) is 9.40. The number of phenols is 1. The summed E-state index contributed by atoms with van der Waals surface area (Å²) in [5.74, 6) is -1.80. The molecule has 4 nitrogen and oxygen atoms in total. The first kappa shape index (κ1) is 16.2. The van der Waals surface area contributed by atoms with Crippen molar-refractivity contribution >= 4 is 17.8 Å². The van der Waals surface area contributed by atoms with E-state index in [0.29, 0.717) is 0 Å². The molecule has 4 N–H and O–H groups in total. The van der Waals surface area contributed by atoms with Gasteiger partial charge in [-0.2, -0.15) is 0 Å². The Morgan fingerprint density at radius 3 is 2.29 bits per heavy atom. The molecule has 1 radical (unpaired) electrons. The van der Waals surface area contributed by atoms with Crippen LogP contribution in [0.2, 0.25) is 0 Å². The number of hydrogen-bond donors (Lipinski definition) is 3. The first-order valence-corrected chi connectivity index (χ1v) is 3.40. The van der Waals surface area contributed by atoms with Crippen LogP contribution < -0.4 is 5.73 Å². The number of benzene rings is 1. The first-order valence-electron chi connectivity index (χ1n) is 3.06. The maximum Gasteiger partial charge on any atom is 0.251 e. The average Bonchev–Trinajstić information content (AvgIpc) is 2.12. The Labute approximate surface area is 110 Å². The molecule has 0 aliphatic rings. The molecule has 1 aromatic carbocycles. The van der Waals surface area contributed by atoms with Gasteiger partial charge < -0.3 is 10.8 Å². The summed E-state index contributed by atoms with van der Waals surface area (Å²) in [4.78, 5) is 10.4. The van der Waals surface area contributed by atoms with Crippen molar-refractivity contribution in [3.05, 3.63) is 29.6 Å². The zero-order valence-electron chi connectivity index (χ0n) is 6.95. The van der Waals surface area contributed by atoms with E-state index in [1.807, 2.05) is 0 Å². The molecule has 0 aromatic heterocycles. The third-order valence-corrected chi connectivity index (χ3v) is 1.22. The standard InChI is InChI=1S/C7H6FNO2.ClHO.Y/c8-6-2-1-4(10)3-5(6)7(9)11;1-2;/h1-3,10H,(H2,9,11);2H;. The number of carbonyl (C=O) groups is 1. The molecule has 0 spiro atoms. The monoisotopic (exact) mass is 296 g/mol. The molecule has 7 heteroatoms. The molecule has 1 aromatic rings. The van der Waals surface area contributed by atoms with E-state index in [9.17, 15) is 9.18 Å². The molecule has 0 aliphatic heterocycles. The smallest absolute Gasteiger partial charge is 0.251 e. The number of amides is 1. The molecule has 1 rings (SSSR count). The van der Waals surface area contributed by atoms with E-state index in [1.54, 1.807) is 0 Å². The summed E-state index contributed by atoms with van der Waals surface area (Å²) < 4.78 is 19.1. The number of carbonyl (C=O) groups excluding carboxylic acids is 1. The van der Waals surface area contributed by atoms with Gasteiger partial charge in [-0.25, -0.2) is 4.39 Å². The van der Waals surface area contributed by atoms with Crippen LogP contribution in [0.4, 0.5) is 4.39 Å². The molecule has 0 saturated carbocycles. The zero-order valence-corrected chi connectivity index (χ0v) is 10.5. The van der Waals surface area contributed by atoms with Gasteiger partial charge in [-0.15, -0.1) is 0 Å². The summed E-state index contributed by atoms with van der Waals surface area (Å²) in [6.45, 7) is 0. The van der Waals surface area contributed by atoms with Crippen LogP contribution in [0.15, 0.2) is 18.2 Å². The minimum atomic E-state index is -0.890. The van der Waals surface area contributed by atoms with Crippen molar-refractivity contribution in [1.29, 1.82) is 0 Å². The van der Waals surface area contributed by atoms with Crippen LogP contribution in [0.3, 0.4) is 0 Å². The minimum absolute atomic E-state index is 0. The van der Waals surface area contributed by atoms with Crippen LogP contribution in [0, 0.1) is 5.82 Å². The SMILES string of the molecule is NC(=O)c1cc(O)ccc1F.OCl.[Y]. The number of hydrogen-bond acceptors (Lipinski definition) is 3. The van der Waals surface area contributed by atoms with Crippen molar-refractivity contribution < 1.29 is 51.7 Å². The minimum Gasteiger partial charge on any atom is -0.508 e. The van der Waals surface area contributed by atoms with Crippen molar-refractivity contribution in [2.24, 2.45) is 5.73 Å². The van der Waals surface area contributed by atoms with E-state index in [1.165, 1.54) is 0 Å². The van der Waals surface area contributed by atoms with E-state index in [0.717, 1.165) is 18.2 Å². The summed E-state index contributed by atoms with van der Waals surface area (Å²) >= 11 is 3.64. The molecule has 0 heterocycles.